The van der Waals surface area contributed by atoms with Crippen molar-refractivity contribution in [2.24, 2.45) is 5.92 Å². The molecule has 0 bridgehead atoms. The lowest BCUT2D eigenvalue weighted by atomic mass is 9.95. The molecule has 0 radical (unpaired) electrons. The van der Waals surface area contributed by atoms with Gasteiger partial charge in [0.25, 0.3) is 5.56 Å². The Kier molecular flexibility index (Phi) is 8.79. The van der Waals surface area contributed by atoms with E-state index in [9.17, 15) is 9.59 Å². The van der Waals surface area contributed by atoms with Crippen LogP contribution in [0.4, 0.5) is 11.4 Å². The lowest BCUT2D eigenvalue weighted by molar-refractivity contribution is -0.125. The van der Waals surface area contributed by atoms with Crippen LogP contribution in [0.1, 0.15) is 38.2 Å². The molecule has 1 amide bonds. The first kappa shape index (κ1) is 25.2. The number of hydrogen-bond acceptors (Lipinski definition) is 6. The normalized spacial score (nSPS) is 17.5. The number of aryl methyl sites for hydroxylation is 2. The van der Waals surface area contributed by atoms with Crippen molar-refractivity contribution in [2.75, 3.05) is 62.2 Å². The molecule has 190 valence electrons. The number of nitrogens with zero attached hydrogens (tertiary/aromatic N) is 5. The molecule has 2 aromatic rings. The fourth-order valence-corrected chi connectivity index (χ4v) is 5.17. The zero-order chi connectivity index (χ0) is 24.6. The molecule has 0 spiro atoms. The number of piperidine rings is 1. The summed E-state index contributed by atoms with van der Waals surface area (Å²) < 4.78 is 1.51. The third-order valence-electron chi connectivity index (χ3n) is 7.30. The summed E-state index contributed by atoms with van der Waals surface area (Å²) in [6.45, 7) is 12.4. The Hall–Kier alpha value is -2.87. The second-order valence-corrected chi connectivity index (χ2v) is 9.80. The van der Waals surface area contributed by atoms with E-state index >= 15 is 0 Å². The molecule has 2 aliphatic rings. The summed E-state index contributed by atoms with van der Waals surface area (Å²) in [7, 11) is 0. The topological polar surface area (TPSA) is 73.7 Å². The number of carbonyl (C=O) groups is 1. The van der Waals surface area contributed by atoms with Crippen molar-refractivity contribution in [3.05, 3.63) is 52.4 Å². The van der Waals surface area contributed by atoms with E-state index in [1.54, 1.807) is 12.3 Å². The van der Waals surface area contributed by atoms with Crippen LogP contribution in [0.3, 0.4) is 0 Å². The maximum atomic E-state index is 12.7. The summed E-state index contributed by atoms with van der Waals surface area (Å²) >= 11 is 0. The zero-order valence-electron chi connectivity index (χ0n) is 21.3. The fourth-order valence-electron chi connectivity index (χ4n) is 5.17. The molecule has 2 fully saturated rings. The molecule has 0 atom stereocenters. The summed E-state index contributed by atoms with van der Waals surface area (Å²) in [5, 5.41) is 7.44. The average molecular weight is 481 g/mol. The van der Waals surface area contributed by atoms with Crippen molar-refractivity contribution in [3.8, 4) is 0 Å². The number of aromatic nitrogens is 2. The highest BCUT2D eigenvalue weighted by Crippen LogP contribution is 2.22. The van der Waals surface area contributed by atoms with Gasteiger partial charge in [-0.3, -0.25) is 14.5 Å². The predicted molar refractivity (Wildman–Crippen MR) is 141 cm³/mol. The number of anilines is 2. The van der Waals surface area contributed by atoms with Gasteiger partial charge in [0, 0.05) is 70.0 Å². The Morgan fingerprint density at radius 3 is 2.46 bits per heavy atom. The number of amides is 1. The number of para-hydroxylation sites is 1. The van der Waals surface area contributed by atoms with Gasteiger partial charge in [0.15, 0.2) is 0 Å². The first-order valence-electron chi connectivity index (χ1n) is 13.2. The van der Waals surface area contributed by atoms with Gasteiger partial charge in [-0.05, 0) is 50.8 Å². The second kappa shape index (κ2) is 12.2. The van der Waals surface area contributed by atoms with Crippen molar-refractivity contribution < 1.29 is 4.79 Å². The summed E-state index contributed by atoms with van der Waals surface area (Å²) in [5.41, 5.74) is 3.50. The Morgan fingerprint density at radius 2 is 1.77 bits per heavy atom. The van der Waals surface area contributed by atoms with E-state index in [2.05, 4.69) is 56.3 Å². The van der Waals surface area contributed by atoms with Gasteiger partial charge < -0.3 is 15.1 Å². The fraction of sp³-hybridized carbons (Fsp3) is 0.593. The van der Waals surface area contributed by atoms with E-state index in [1.165, 1.54) is 15.9 Å². The number of benzene rings is 1. The third-order valence-corrected chi connectivity index (χ3v) is 7.30. The van der Waals surface area contributed by atoms with Crippen molar-refractivity contribution in [3.63, 3.8) is 0 Å². The van der Waals surface area contributed by atoms with Gasteiger partial charge in [0.05, 0.1) is 11.9 Å². The molecule has 1 aromatic heterocycles. The van der Waals surface area contributed by atoms with Gasteiger partial charge in [-0.25, -0.2) is 4.68 Å². The van der Waals surface area contributed by atoms with Crippen LogP contribution in [0.5, 0.6) is 0 Å². The minimum atomic E-state index is -0.0548. The van der Waals surface area contributed by atoms with Gasteiger partial charge >= 0.3 is 0 Å². The Balaban J connectivity index is 1.12. The molecule has 3 heterocycles. The van der Waals surface area contributed by atoms with Crippen LogP contribution in [-0.4, -0.2) is 72.9 Å². The zero-order valence-corrected chi connectivity index (χ0v) is 21.3. The summed E-state index contributed by atoms with van der Waals surface area (Å²) in [5.74, 6) is 0.225. The lowest BCUT2D eigenvalue weighted by Gasteiger charge is -2.37. The maximum Gasteiger partial charge on any atom is 0.268 e. The minimum Gasteiger partial charge on any atom is -0.370 e. The molecule has 4 rings (SSSR count). The smallest absolute Gasteiger partial charge is 0.268 e. The van der Waals surface area contributed by atoms with Crippen molar-refractivity contribution >= 4 is 17.3 Å². The van der Waals surface area contributed by atoms with Gasteiger partial charge in [-0.2, -0.15) is 5.10 Å². The first-order valence-corrected chi connectivity index (χ1v) is 13.2. The molecule has 0 aliphatic carbocycles. The Bertz CT molecular complexity index is 1020. The molecule has 2 aliphatic heterocycles. The highest BCUT2D eigenvalue weighted by molar-refractivity contribution is 5.79. The van der Waals surface area contributed by atoms with Crippen LogP contribution in [0.15, 0.2) is 41.3 Å². The highest BCUT2D eigenvalue weighted by Gasteiger charge is 2.25. The van der Waals surface area contributed by atoms with Crippen LogP contribution in [0.2, 0.25) is 0 Å². The number of carbonyl (C=O) groups excluding carboxylic acids is 1. The van der Waals surface area contributed by atoms with Crippen LogP contribution in [-0.2, 0) is 11.3 Å². The maximum absolute atomic E-state index is 12.7. The third kappa shape index (κ3) is 6.63. The molecule has 0 saturated carbocycles. The molecule has 2 saturated heterocycles. The standard InChI is InChI=1S/C27H40N6O2/c1-3-12-33-26(34)20-24(21-29-33)31-14-9-23(10-15-31)27(35)28-11-6-13-30-16-18-32(19-17-30)25-8-5-4-7-22(25)2/h4-5,7-8,20-21,23H,3,6,9-19H2,1-2H3,(H,28,35). The molecule has 1 aromatic carbocycles. The molecular formula is C27H40N6O2. The van der Waals surface area contributed by atoms with E-state index in [0.29, 0.717) is 6.54 Å². The molecule has 0 unspecified atom stereocenters. The number of piperazine rings is 1. The Morgan fingerprint density at radius 1 is 1.03 bits per heavy atom. The largest absolute Gasteiger partial charge is 0.370 e. The lowest BCUT2D eigenvalue weighted by Crippen LogP contribution is -2.47. The predicted octanol–water partition coefficient (Wildman–Crippen LogP) is 2.51. The van der Waals surface area contributed by atoms with Crippen molar-refractivity contribution in [2.45, 2.75) is 46.1 Å². The highest BCUT2D eigenvalue weighted by atomic mass is 16.2. The SMILES string of the molecule is CCCn1ncc(N2CCC(C(=O)NCCCN3CCN(c4ccccc4C)CC3)CC2)cc1=O. The minimum absolute atomic E-state index is 0.0531. The Labute approximate surface area is 208 Å². The van der Waals surface area contributed by atoms with Crippen LogP contribution >= 0.6 is 0 Å². The average Bonchev–Trinajstić information content (AvgIpc) is 2.89. The number of hydrogen-bond donors (Lipinski definition) is 1. The molecule has 35 heavy (non-hydrogen) atoms. The van der Waals surface area contributed by atoms with Gasteiger partial charge in [-0.15, -0.1) is 0 Å². The molecule has 1 N–H and O–H groups in total. The van der Waals surface area contributed by atoms with E-state index in [1.807, 2.05) is 6.92 Å². The second-order valence-electron chi connectivity index (χ2n) is 9.80. The molecular weight excluding hydrogens is 440 g/mol. The van der Waals surface area contributed by atoms with Gasteiger partial charge in [-0.1, -0.05) is 25.1 Å². The summed E-state index contributed by atoms with van der Waals surface area (Å²) in [6.07, 6.45) is 5.26. The van der Waals surface area contributed by atoms with Gasteiger partial charge in [0.1, 0.15) is 0 Å². The monoisotopic (exact) mass is 480 g/mol. The first-order chi connectivity index (χ1) is 17.0. The van der Waals surface area contributed by atoms with Crippen LogP contribution in [0.25, 0.3) is 0 Å². The number of rotatable bonds is 9. The summed E-state index contributed by atoms with van der Waals surface area (Å²) in [4.78, 5) is 32.0. The van der Waals surface area contributed by atoms with E-state index in [0.717, 1.165) is 83.7 Å². The molecule has 8 nitrogen and oxygen atoms in total. The molecule has 8 heteroatoms. The van der Waals surface area contributed by atoms with Crippen molar-refractivity contribution in [1.82, 2.24) is 20.0 Å². The number of nitrogens with one attached hydrogen (secondary N) is 1. The van der Waals surface area contributed by atoms with E-state index in [-0.39, 0.29) is 17.4 Å². The van der Waals surface area contributed by atoms with Crippen LogP contribution in [0, 0.1) is 12.8 Å². The van der Waals surface area contributed by atoms with Gasteiger partial charge in [0.2, 0.25) is 5.91 Å². The van der Waals surface area contributed by atoms with Crippen LogP contribution < -0.4 is 20.7 Å². The van der Waals surface area contributed by atoms with E-state index < -0.39 is 0 Å². The van der Waals surface area contributed by atoms with E-state index in [4.69, 9.17) is 0 Å². The van der Waals surface area contributed by atoms with Crippen molar-refractivity contribution in [1.29, 1.82) is 0 Å². The summed E-state index contributed by atoms with van der Waals surface area (Å²) in [6, 6.07) is 10.3. The quantitative estimate of drug-likeness (QED) is 0.556.